The van der Waals surface area contributed by atoms with Crippen LogP contribution in [0.4, 0.5) is 0 Å². The van der Waals surface area contributed by atoms with Crippen molar-refractivity contribution in [1.82, 2.24) is 5.32 Å². The molecule has 5 heteroatoms. The van der Waals surface area contributed by atoms with E-state index in [9.17, 15) is 9.90 Å². The fourth-order valence-corrected chi connectivity index (χ4v) is 2.45. The number of carbonyl (C=O) groups is 1. The lowest BCUT2D eigenvalue weighted by molar-refractivity contribution is 0.100. The van der Waals surface area contributed by atoms with Crippen LogP contribution in [0.25, 0.3) is 0 Å². The summed E-state index contributed by atoms with van der Waals surface area (Å²) >= 11 is 1.26. The van der Waals surface area contributed by atoms with Gasteiger partial charge in [0.15, 0.2) is 0 Å². The van der Waals surface area contributed by atoms with Crippen molar-refractivity contribution >= 4 is 17.2 Å². The third-order valence-corrected chi connectivity index (χ3v) is 3.31. The third-order valence-electron chi connectivity index (χ3n) is 2.06. The summed E-state index contributed by atoms with van der Waals surface area (Å²) in [6.45, 7) is 0.739. The smallest absolute Gasteiger partial charge is 0.258 e. The van der Waals surface area contributed by atoms with E-state index < -0.39 is 12.1 Å². The normalized spacial score (nSPS) is 21.2. The molecular weight excluding hydrogens is 188 g/mol. The predicted molar refractivity (Wildman–Crippen MR) is 49.5 cm³/mol. The maximum atomic E-state index is 10.9. The molecule has 1 aliphatic rings. The van der Waals surface area contributed by atoms with Crippen molar-refractivity contribution in [3.8, 4) is 0 Å². The van der Waals surface area contributed by atoms with E-state index in [1.165, 1.54) is 11.3 Å². The number of aliphatic hydroxyl groups excluding tert-OH is 1. The molecule has 0 radical (unpaired) electrons. The summed E-state index contributed by atoms with van der Waals surface area (Å²) in [5.74, 6) is -0.424. The fraction of sp³-hybridized carbons (Fsp3) is 0.375. The molecule has 0 saturated heterocycles. The highest BCUT2D eigenvalue weighted by molar-refractivity contribution is 7.14. The zero-order valence-corrected chi connectivity index (χ0v) is 7.73. The fourth-order valence-electron chi connectivity index (χ4n) is 1.43. The number of primary amides is 1. The Morgan fingerprint density at radius 2 is 2.54 bits per heavy atom. The van der Waals surface area contributed by atoms with Gasteiger partial charge in [-0.25, -0.2) is 0 Å². The van der Waals surface area contributed by atoms with Crippen LogP contribution in [-0.4, -0.2) is 17.6 Å². The number of amides is 1. The zero-order valence-electron chi connectivity index (χ0n) is 6.91. The van der Waals surface area contributed by atoms with Crippen LogP contribution in [0, 0.1) is 0 Å². The number of hydrogen-bond acceptors (Lipinski definition) is 4. The summed E-state index contributed by atoms with van der Waals surface area (Å²) in [6, 6.07) is 1.77. The molecule has 70 valence electrons. The van der Waals surface area contributed by atoms with Gasteiger partial charge in [0, 0.05) is 6.54 Å². The van der Waals surface area contributed by atoms with Crippen LogP contribution in [0.15, 0.2) is 6.07 Å². The van der Waals surface area contributed by atoms with Gasteiger partial charge in [-0.05, 0) is 18.1 Å². The number of aliphatic hydroxyl groups is 1. The molecule has 1 unspecified atom stereocenters. The van der Waals surface area contributed by atoms with E-state index in [0.717, 1.165) is 23.4 Å². The van der Waals surface area contributed by atoms with E-state index in [-0.39, 0.29) is 0 Å². The van der Waals surface area contributed by atoms with Crippen molar-refractivity contribution in [1.29, 1.82) is 0 Å². The van der Waals surface area contributed by atoms with Gasteiger partial charge >= 0.3 is 0 Å². The summed E-state index contributed by atoms with van der Waals surface area (Å²) in [5, 5.41) is 12.4. The van der Waals surface area contributed by atoms with Crippen LogP contribution in [0.5, 0.6) is 0 Å². The maximum Gasteiger partial charge on any atom is 0.258 e. The molecule has 2 heterocycles. The van der Waals surface area contributed by atoms with Gasteiger partial charge in [0.1, 0.15) is 6.23 Å². The molecule has 4 N–H and O–H groups in total. The second-order valence-electron chi connectivity index (χ2n) is 2.97. The first-order valence-electron chi connectivity index (χ1n) is 4.02. The van der Waals surface area contributed by atoms with E-state index in [4.69, 9.17) is 5.73 Å². The summed E-state index contributed by atoms with van der Waals surface area (Å²) < 4.78 is 0. The number of rotatable bonds is 1. The first-order chi connectivity index (χ1) is 6.18. The van der Waals surface area contributed by atoms with E-state index >= 15 is 0 Å². The number of carbonyl (C=O) groups excluding carboxylic acids is 1. The van der Waals surface area contributed by atoms with E-state index in [1.807, 2.05) is 0 Å². The monoisotopic (exact) mass is 198 g/mol. The minimum atomic E-state index is -0.637. The zero-order chi connectivity index (χ0) is 9.42. The van der Waals surface area contributed by atoms with E-state index in [2.05, 4.69) is 5.32 Å². The minimum absolute atomic E-state index is 0.424. The number of nitrogens with two attached hydrogens (primary N) is 1. The van der Waals surface area contributed by atoms with Crippen LogP contribution < -0.4 is 11.1 Å². The number of thiophene rings is 1. The Balaban J connectivity index is 2.42. The van der Waals surface area contributed by atoms with Gasteiger partial charge in [0.2, 0.25) is 0 Å². The van der Waals surface area contributed by atoms with Gasteiger partial charge in [-0.2, -0.15) is 0 Å². The molecule has 1 atom stereocenters. The summed E-state index contributed by atoms with van der Waals surface area (Å²) in [4.78, 5) is 12.2. The number of hydrogen-bond donors (Lipinski definition) is 3. The molecule has 0 spiro atoms. The van der Waals surface area contributed by atoms with Crippen LogP contribution >= 0.6 is 11.3 Å². The lowest BCUT2D eigenvalue weighted by Crippen LogP contribution is -2.27. The van der Waals surface area contributed by atoms with E-state index in [0.29, 0.717) is 4.88 Å². The molecule has 0 aliphatic carbocycles. The molecule has 1 aliphatic heterocycles. The Morgan fingerprint density at radius 1 is 1.77 bits per heavy atom. The molecule has 0 aromatic carbocycles. The number of fused-ring (bicyclic) bond motifs is 1. The molecule has 1 aromatic rings. The highest BCUT2D eigenvalue weighted by Gasteiger charge is 2.21. The van der Waals surface area contributed by atoms with Crippen molar-refractivity contribution in [2.75, 3.05) is 6.54 Å². The van der Waals surface area contributed by atoms with Crippen LogP contribution in [-0.2, 0) is 6.42 Å². The molecule has 0 saturated carbocycles. The molecule has 1 aromatic heterocycles. The second-order valence-corrected chi connectivity index (χ2v) is 4.05. The Bertz CT molecular complexity index is 348. The van der Waals surface area contributed by atoms with Gasteiger partial charge in [0.25, 0.3) is 5.91 Å². The highest BCUT2D eigenvalue weighted by atomic mass is 32.1. The largest absolute Gasteiger partial charge is 0.373 e. The quantitative estimate of drug-likeness (QED) is 0.593. The molecule has 0 bridgehead atoms. The van der Waals surface area contributed by atoms with Gasteiger partial charge in [0.05, 0.1) is 9.75 Å². The molecule has 0 fully saturated rings. The van der Waals surface area contributed by atoms with Gasteiger partial charge in [-0.15, -0.1) is 11.3 Å². The lowest BCUT2D eigenvalue weighted by atomic mass is 10.1. The average molecular weight is 198 g/mol. The molecule has 2 rings (SSSR count). The summed E-state index contributed by atoms with van der Waals surface area (Å²) in [6.07, 6.45) is 0.206. The standard InChI is InChI=1S/C8H10N2O2S/c9-7(11)5-3-4-1-2-10-8(12)6(4)13-5/h3,8,10,12H,1-2H2,(H2,9,11). The first kappa shape index (κ1) is 8.68. The van der Waals surface area contributed by atoms with Crippen molar-refractivity contribution < 1.29 is 9.90 Å². The van der Waals surface area contributed by atoms with Gasteiger partial charge in [-0.3, -0.25) is 10.1 Å². The first-order valence-corrected chi connectivity index (χ1v) is 4.84. The predicted octanol–water partition coefficient (Wildman–Crippen LogP) is -0.0164. The topological polar surface area (TPSA) is 75.4 Å². The van der Waals surface area contributed by atoms with Crippen LogP contribution in [0.3, 0.4) is 0 Å². The number of nitrogens with one attached hydrogen (secondary N) is 1. The van der Waals surface area contributed by atoms with Crippen LogP contribution in [0.1, 0.15) is 26.3 Å². The van der Waals surface area contributed by atoms with E-state index in [1.54, 1.807) is 6.07 Å². The minimum Gasteiger partial charge on any atom is -0.373 e. The Morgan fingerprint density at radius 3 is 3.15 bits per heavy atom. The van der Waals surface area contributed by atoms with Crippen molar-refractivity contribution in [2.45, 2.75) is 12.6 Å². The average Bonchev–Trinajstić information content (AvgIpc) is 2.49. The maximum absolute atomic E-state index is 10.9. The SMILES string of the molecule is NC(=O)c1cc2c(s1)C(O)NCC2. The molecule has 13 heavy (non-hydrogen) atoms. The lowest BCUT2D eigenvalue weighted by Gasteiger charge is -2.18. The van der Waals surface area contributed by atoms with Crippen molar-refractivity contribution in [3.05, 3.63) is 21.4 Å². The molecule has 4 nitrogen and oxygen atoms in total. The van der Waals surface area contributed by atoms with Crippen molar-refractivity contribution in [2.24, 2.45) is 5.73 Å². The van der Waals surface area contributed by atoms with Crippen LogP contribution in [0.2, 0.25) is 0 Å². The molecular formula is C8H10N2O2S. The van der Waals surface area contributed by atoms with Crippen molar-refractivity contribution in [3.63, 3.8) is 0 Å². The van der Waals surface area contributed by atoms with Gasteiger partial charge in [-0.1, -0.05) is 0 Å². The Labute approximate surface area is 79.4 Å². The summed E-state index contributed by atoms with van der Waals surface area (Å²) in [5.41, 5.74) is 6.17. The molecule has 1 amide bonds. The Kier molecular flexibility index (Phi) is 2.07. The third kappa shape index (κ3) is 1.46. The summed E-state index contributed by atoms with van der Waals surface area (Å²) in [7, 11) is 0. The second kappa shape index (κ2) is 3.10. The highest BCUT2D eigenvalue weighted by Crippen LogP contribution is 2.29. The Hall–Kier alpha value is -0.910. The van der Waals surface area contributed by atoms with Gasteiger partial charge < -0.3 is 10.8 Å².